The van der Waals surface area contributed by atoms with Crippen LogP contribution in [0.4, 0.5) is 23.1 Å². The molecule has 0 atom stereocenters. The maximum atomic E-state index is 11.1. The lowest BCUT2D eigenvalue weighted by atomic mass is 10.3. The van der Waals surface area contributed by atoms with E-state index in [-0.39, 0.29) is 5.91 Å². The molecule has 144 valence electrons. The van der Waals surface area contributed by atoms with Crippen LogP contribution in [-0.2, 0) is 9.53 Å². The zero-order valence-corrected chi connectivity index (χ0v) is 15.8. The van der Waals surface area contributed by atoms with Crippen molar-refractivity contribution in [2.75, 3.05) is 55.3 Å². The summed E-state index contributed by atoms with van der Waals surface area (Å²) in [5.41, 5.74) is 2.49. The predicted octanol–water partition coefficient (Wildman–Crippen LogP) is 2.23. The molecule has 0 unspecified atom stereocenters. The Morgan fingerprint density at radius 1 is 1.15 bits per heavy atom. The van der Waals surface area contributed by atoms with Crippen molar-refractivity contribution >= 4 is 29.0 Å². The molecule has 0 spiro atoms. The maximum Gasteiger partial charge on any atom is 0.229 e. The smallest absolute Gasteiger partial charge is 0.229 e. The molecule has 1 aromatic heterocycles. The van der Waals surface area contributed by atoms with Gasteiger partial charge in [-0.25, -0.2) is 4.98 Å². The van der Waals surface area contributed by atoms with E-state index < -0.39 is 0 Å². The van der Waals surface area contributed by atoms with Crippen LogP contribution in [0.3, 0.4) is 0 Å². The number of carbonyl (C=O) groups is 1. The highest BCUT2D eigenvalue weighted by Crippen LogP contribution is 2.18. The van der Waals surface area contributed by atoms with Gasteiger partial charge in [-0.05, 0) is 31.2 Å². The molecule has 8 nitrogen and oxygen atoms in total. The summed E-state index contributed by atoms with van der Waals surface area (Å²) in [7, 11) is 0. The molecule has 1 aliphatic heterocycles. The van der Waals surface area contributed by atoms with E-state index in [1.54, 1.807) is 0 Å². The van der Waals surface area contributed by atoms with Crippen LogP contribution < -0.4 is 16.0 Å². The number of hydrogen-bond donors (Lipinski definition) is 3. The quantitative estimate of drug-likeness (QED) is 0.688. The summed E-state index contributed by atoms with van der Waals surface area (Å²) in [6, 6.07) is 9.36. The maximum absolute atomic E-state index is 11.1. The third kappa shape index (κ3) is 6.19. The van der Waals surface area contributed by atoms with E-state index >= 15 is 0 Å². The van der Waals surface area contributed by atoms with Crippen molar-refractivity contribution in [2.45, 2.75) is 13.8 Å². The molecule has 1 amide bonds. The number of amides is 1. The Bertz CT molecular complexity index is 759. The summed E-state index contributed by atoms with van der Waals surface area (Å²) in [5, 5.41) is 9.32. The summed E-state index contributed by atoms with van der Waals surface area (Å²) < 4.78 is 5.37. The second kappa shape index (κ2) is 9.29. The number of anilines is 4. The lowest BCUT2D eigenvalue weighted by Gasteiger charge is -2.26. The van der Waals surface area contributed by atoms with Gasteiger partial charge in [-0.15, -0.1) is 0 Å². The van der Waals surface area contributed by atoms with Gasteiger partial charge in [0.1, 0.15) is 5.82 Å². The first-order valence-corrected chi connectivity index (χ1v) is 9.13. The lowest BCUT2D eigenvalue weighted by Crippen LogP contribution is -2.39. The molecular formula is C19H26N6O2. The van der Waals surface area contributed by atoms with Crippen LogP contribution >= 0.6 is 0 Å². The van der Waals surface area contributed by atoms with Crippen LogP contribution in [0.1, 0.15) is 12.6 Å². The Kier molecular flexibility index (Phi) is 6.56. The normalized spacial score (nSPS) is 14.6. The van der Waals surface area contributed by atoms with Crippen molar-refractivity contribution in [2.24, 2.45) is 0 Å². The van der Waals surface area contributed by atoms with Gasteiger partial charge >= 0.3 is 0 Å². The summed E-state index contributed by atoms with van der Waals surface area (Å²) in [4.78, 5) is 22.4. The van der Waals surface area contributed by atoms with Gasteiger partial charge in [0.25, 0.3) is 0 Å². The number of carbonyl (C=O) groups excluding carboxylic acids is 1. The first kappa shape index (κ1) is 19.1. The fourth-order valence-corrected chi connectivity index (χ4v) is 2.85. The van der Waals surface area contributed by atoms with Gasteiger partial charge in [0.15, 0.2) is 0 Å². The molecule has 8 heteroatoms. The van der Waals surface area contributed by atoms with Crippen LogP contribution in [-0.4, -0.2) is 60.2 Å². The van der Waals surface area contributed by atoms with E-state index in [0.717, 1.165) is 62.3 Å². The number of hydrogen-bond acceptors (Lipinski definition) is 7. The Labute approximate surface area is 159 Å². The molecule has 2 aromatic rings. The van der Waals surface area contributed by atoms with Gasteiger partial charge in [-0.3, -0.25) is 9.69 Å². The van der Waals surface area contributed by atoms with E-state index in [1.165, 1.54) is 6.92 Å². The number of aromatic nitrogens is 2. The number of aryl methyl sites for hydroxylation is 1. The minimum atomic E-state index is -0.0921. The highest BCUT2D eigenvalue weighted by Gasteiger charge is 2.10. The number of rotatable bonds is 7. The molecule has 0 radical (unpaired) electrons. The Balaban J connectivity index is 1.56. The summed E-state index contributed by atoms with van der Waals surface area (Å²) in [6.45, 7) is 8.78. The molecular weight excluding hydrogens is 344 g/mol. The molecule has 2 heterocycles. The molecule has 0 bridgehead atoms. The molecule has 3 N–H and O–H groups in total. The Hall–Kier alpha value is -2.71. The first-order valence-electron chi connectivity index (χ1n) is 9.13. The first-order chi connectivity index (χ1) is 13.1. The van der Waals surface area contributed by atoms with Gasteiger partial charge in [-0.1, -0.05) is 0 Å². The van der Waals surface area contributed by atoms with E-state index in [2.05, 4.69) is 30.8 Å². The monoisotopic (exact) mass is 370 g/mol. The number of benzene rings is 1. The number of nitrogens with zero attached hydrogens (tertiary/aromatic N) is 3. The molecule has 3 rings (SSSR count). The highest BCUT2D eigenvalue weighted by atomic mass is 16.5. The van der Waals surface area contributed by atoms with Crippen molar-refractivity contribution in [1.82, 2.24) is 14.9 Å². The zero-order valence-electron chi connectivity index (χ0n) is 15.8. The fraction of sp³-hybridized carbons (Fsp3) is 0.421. The molecule has 0 saturated carbocycles. The van der Waals surface area contributed by atoms with Gasteiger partial charge in [0, 0.05) is 56.2 Å². The van der Waals surface area contributed by atoms with Crippen LogP contribution in [0.2, 0.25) is 0 Å². The largest absolute Gasteiger partial charge is 0.379 e. The number of morpholine rings is 1. The number of ether oxygens (including phenoxy) is 1. The average Bonchev–Trinajstić information content (AvgIpc) is 2.63. The SMILES string of the molecule is CC(=O)Nc1ccc(Nc2nc(C)cc(NCCN3CCOCC3)n2)cc1. The average molecular weight is 370 g/mol. The van der Waals surface area contributed by atoms with E-state index in [1.807, 2.05) is 37.3 Å². The van der Waals surface area contributed by atoms with Crippen LogP contribution in [0.5, 0.6) is 0 Å². The highest BCUT2D eigenvalue weighted by molar-refractivity contribution is 5.88. The molecule has 0 aliphatic carbocycles. The van der Waals surface area contributed by atoms with E-state index in [9.17, 15) is 4.79 Å². The molecule has 27 heavy (non-hydrogen) atoms. The Morgan fingerprint density at radius 3 is 2.56 bits per heavy atom. The Morgan fingerprint density at radius 2 is 1.85 bits per heavy atom. The fourth-order valence-electron chi connectivity index (χ4n) is 2.85. The molecule has 1 saturated heterocycles. The summed E-state index contributed by atoms with van der Waals surface area (Å²) in [6.07, 6.45) is 0. The third-order valence-electron chi connectivity index (χ3n) is 4.15. The van der Waals surface area contributed by atoms with Gasteiger partial charge in [-0.2, -0.15) is 4.98 Å². The van der Waals surface area contributed by atoms with Crippen molar-refractivity contribution in [3.63, 3.8) is 0 Å². The summed E-state index contributed by atoms with van der Waals surface area (Å²) in [5.74, 6) is 1.25. The second-order valence-corrected chi connectivity index (χ2v) is 6.48. The van der Waals surface area contributed by atoms with Crippen LogP contribution in [0.25, 0.3) is 0 Å². The van der Waals surface area contributed by atoms with Crippen molar-refractivity contribution < 1.29 is 9.53 Å². The molecule has 1 aromatic carbocycles. The lowest BCUT2D eigenvalue weighted by molar-refractivity contribution is -0.114. The second-order valence-electron chi connectivity index (χ2n) is 6.48. The van der Waals surface area contributed by atoms with Crippen LogP contribution in [0, 0.1) is 6.92 Å². The minimum absolute atomic E-state index is 0.0921. The molecule has 1 aliphatic rings. The topological polar surface area (TPSA) is 91.4 Å². The van der Waals surface area contributed by atoms with Crippen molar-refractivity contribution in [1.29, 1.82) is 0 Å². The summed E-state index contributed by atoms with van der Waals surface area (Å²) >= 11 is 0. The van der Waals surface area contributed by atoms with Gasteiger partial charge in [0.2, 0.25) is 11.9 Å². The minimum Gasteiger partial charge on any atom is -0.379 e. The third-order valence-corrected chi connectivity index (χ3v) is 4.15. The standard InChI is InChI=1S/C19H26N6O2/c1-14-13-18(20-7-8-25-9-11-27-12-10-25)24-19(21-14)23-17-5-3-16(4-6-17)22-15(2)26/h3-6,13H,7-12H2,1-2H3,(H,22,26)(H2,20,21,23,24). The number of nitrogens with one attached hydrogen (secondary N) is 3. The van der Waals surface area contributed by atoms with E-state index in [4.69, 9.17) is 4.74 Å². The van der Waals surface area contributed by atoms with Crippen molar-refractivity contribution in [3.05, 3.63) is 36.0 Å². The van der Waals surface area contributed by atoms with Gasteiger partial charge < -0.3 is 20.7 Å². The zero-order chi connectivity index (χ0) is 19.1. The van der Waals surface area contributed by atoms with E-state index in [0.29, 0.717) is 5.95 Å². The van der Waals surface area contributed by atoms with Gasteiger partial charge in [0.05, 0.1) is 13.2 Å². The van der Waals surface area contributed by atoms with Crippen LogP contribution in [0.15, 0.2) is 30.3 Å². The van der Waals surface area contributed by atoms with Crippen molar-refractivity contribution in [3.8, 4) is 0 Å². The predicted molar refractivity (Wildman–Crippen MR) is 107 cm³/mol. The molecule has 1 fully saturated rings.